The summed E-state index contributed by atoms with van der Waals surface area (Å²) in [6.07, 6.45) is 0.429. The van der Waals surface area contributed by atoms with Crippen molar-refractivity contribution in [3.05, 3.63) is 0 Å². The summed E-state index contributed by atoms with van der Waals surface area (Å²) in [7, 11) is 2.05. The minimum absolute atomic E-state index is 0.133. The maximum atomic E-state index is 11.1. The first-order chi connectivity index (χ1) is 6.22. The molecule has 0 aromatic rings. The van der Waals surface area contributed by atoms with Gasteiger partial charge < -0.3 is 9.64 Å². The molecule has 1 atom stereocenters. The maximum Gasteiger partial charge on any atom is 0.307 e. The number of carbonyl (C=O) groups excluding carboxylic acids is 1. The van der Waals surface area contributed by atoms with Crippen LogP contribution in [0.5, 0.6) is 0 Å². The Hall–Kier alpha value is -0.610. The molecule has 0 bridgehead atoms. The highest BCUT2D eigenvalue weighted by molar-refractivity contribution is 5.70. The normalized spacial score (nSPS) is 24.3. The smallest absolute Gasteiger partial charge is 0.307 e. The third-order valence-electron chi connectivity index (χ3n) is 2.10. The number of hydrogen-bond acceptors (Lipinski definition) is 3. The maximum absolute atomic E-state index is 11.1. The predicted octanol–water partition coefficient (Wildman–Crippen LogP) is -0.142. The van der Waals surface area contributed by atoms with E-state index in [4.69, 9.17) is 4.74 Å². The predicted molar refractivity (Wildman–Crippen MR) is 49.5 cm³/mol. The fraction of sp³-hybridized carbons (Fsp3) is 0.889. The molecule has 13 heavy (non-hydrogen) atoms. The number of piperazine rings is 1. The molecule has 1 unspecified atom stereocenters. The number of rotatable bonds is 3. The first-order valence-corrected chi connectivity index (χ1v) is 4.73. The largest absolute Gasteiger partial charge is 0.466 e. The summed E-state index contributed by atoms with van der Waals surface area (Å²) < 4.78 is 4.86. The van der Waals surface area contributed by atoms with Crippen molar-refractivity contribution in [3.8, 4) is 0 Å². The van der Waals surface area contributed by atoms with Crippen LogP contribution >= 0.6 is 0 Å². The topological polar surface area (TPSA) is 43.6 Å². The molecule has 4 nitrogen and oxygen atoms in total. The lowest BCUT2D eigenvalue weighted by atomic mass is 10.1. The molecule has 1 radical (unpaired) electrons. The molecular weight excluding hydrogens is 168 g/mol. The van der Waals surface area contributed by atoms with Gasteiger partial charge in [-0.15, -0.1) is 0 Å². The summed E-state index contributed by atoms with van der Waals surface area (Å²) in [5.41, 5.74) is 0. The Balaban J connectivity index is 2.23. The fourth-order valence-electron chi connectivity index (χ4n) is 1.46. The van der Waals surface area contributed by atoms with Crippen molar-refractivity contribution in [2.45, 2.75) is 19.4 Å². The van der Waals surface area contributed by atoms with Gasteiger partial charge in [-0.1, -0.05) is 0 Å². The van der Waals surface area contributed by atoms with E-state index < -0.39 is 0 Å². The van der Waals surface area contributed by atoms with Gasteiger partial charge in [0, 0.05) is 25.7 Å². The third-order valence-corrected chi connectivity index (χ3v) is 2.10. The standard InChI is InChI=1S/C9H17N2O2/c1-3-13-9(12)6-8-7-11(2)5-4-10-8/h8H,3-7H2,1-2H3. The summed E-state index contributed by atoms with van der Waals surface area (Å²) in [6.45, 7) is 4.99. The lowest BCUT2D eigenvalue weighted by Gasteiger charge is -2.28. The number of esters is 1. The second kappa shape index (κ2) is 5.19. The van der Waals surface area contributed by atoms with Gasteiger partial charge >= 0.3 is 5.97 Å². The quantitative estimate of drug-likeness (QED) is 0.575. The van der Waals surface area contributed by atoms with Crippen molar-refractivity contribution in [2.24, 2.45) is 0 Å². The van der Waals surface area contributed by atoms with E-state index in [2.05, 4.69) is 10.2 Å². The van der Waals surface area contributed by atoms with Crippen molar-refractivity contribution in [2.75, 3.05) is 33.3 Å². The van der Waals surface area contributed by atoms with E-state index >= 15 is 0 Å². The average molecular weight is 185 g/mol. The van der Waals surface area contributed by atoms with Crippen LogP contribution in [0.4, 0.5) is 0 Å². The molecule has 1 saturated heterocycles. The van der Waals surface area contributed by atoms with E-state index in [1.807, 2.05) is 14.0 Å². The molecular formula is C9H17N2O2. The zero-order valence-corrected chi connectivity index (χ0v) is 8.32. The average Bonchev–Trinajstić information content (AvgIpc) is 2.04. The van der Waals surface area contributed by atoms with Gasteiger partial charge in [-0.3, -0.25) is 4.79 Å². The van der Waals surface area contributed by atoms with Crippen LogP contribution < -0.4 is 5.32 Å². The highest BCUT2D eigenvalue weighted by Crippen LogP contribution is 2.03. The van der Waals surface area contributed by atoms with Crippen LogP contribution in [0.3, 0.4) is 0 Å². The van der Waals surface area contributed by atoms with Crippen molar-refractivity contribution < 1.29 is 9.53 Å². The molecule has 0 N–H and O–H groups in total. The minimum atomic E-state index is -0.133. The molecule has 75 valence electrons. The van der Waals surface area contributed by atoms with E-state index in [1.54, 1.807) is 0 Å². The SMILES string of the molecule is CCOC(=O)CC1CN(C)CC[N]1. The number of likely N-dealkylation sites (N-methyl/N-ethyl adjacent to an activating group) is 1. The van der Waals surface area contributed by atoms with Gasteiger partial charge in [0.2, 0.25) is 0 Å². The third kappa shape index (κ3) is 3.74. The van der Waals surface area contributed by atoms with Gasteiger partial charge in [0.25, 0.3) is 0 Å². The van der Waals surface area contributed by atoms with Gasteiger partial charge in [-0.05, 0) is 14.0 Å². The van der Waals surface area contributed by atoms with Crippen molar-refractivity contribution in [3.63, 3.8) is 0 Å². The van der Waals surface area contributed by atoms with Crippen molar-refractivity contribution >= 4 is 5.97 Å². The van der Waals surface area contributed by atoms with Crippen LogP contribution in [0.2, 0.25) is 0 Å². The number of nitrogens with zero attached hydrogens (tertiary/aromatic N) is 2. The zero-order chi connectivity index (χ0) is 9.68. The van der Waals surface area contributed by atoms with Crippen LogP contribution in [0.15, 0.2) is 0 Å². The molecule has 1 heterocycles. The van der Waals surface area contributed by atoms with Crippen LogP contribution in [0.25, 0.3) is 0 Å². The second-order valence-electron chi connectivity index (χ2n) is 3.33. The van der Waals surface area contributed by atoms with Gasteiger partial charge in [-0.25, -0.2) is 5.32 Å². The number of ether oxygens (including phenoxy) is 1. The first-order valence-electron chi connectivity index (χ1n) is 4.73. The molecule has 0 aromatic heterocycles. The van der Waals surface area contributed by atoms with Crippen LogP contribution in [-0.4, -0.2) is 50.2 Å². The molecule has 1 aliphatic heterocycles. The zero-order valence-electron chi connectivity index (χ0n) is 8.32. The molecule has 1 aliphatic rings. The number of hydrogen-bond donors (Lipinski definition) is 0. The summed E-state index contributed by atoms with van der Waals surface area (Å²) in [6, 6.07) is 0.137. The Morgan fingerprint density at radius 3 is 3.08 bits per heavy atom. The molecule has 0 aliphatic carbocycles. The lowest BCUT2D eigenvalue weighted by molar-refractivity contribution is -0.143. The molecule has 1 fully saturated rings. The van der Waals surface area contributed by atoms with E-state index in [1.165, 1.54) is 0 Å². The van der Waals surface area contributed by atoms with E-state index in [0.717, 1.165) is 19.6 Å². The Bertz CT molecular complexity index is 173. The molecule has 0 spiro atoms. The highest BCUT2D eigenvalue weighted by Gasteiger charge is 2.20. The number of carbonyl (C=O) groups is 1. The minimum Gasteiger partial charge on any atom is -0.466 e. The van der Waals surface area contributed by atoms with Gasteiger partial charge in [0.1, 0.15) is 0 Å². The molecule has 0 amide bonds. The molecule has 0 aromatic carbocycles. The Labute approximate surface area is 79.2 Å². The summed E-state index contributed by atoms with van der Waals surface area (Å²) in [5, 5.41) is 4.36. The Morgan fingerprint density at radius 2 is 2.46 bits per heavy atom. The second-order valence-corrected chi connectivity index (χ2v) is 3.33. The summed E-state index contributed by atoms with van der Waals surface area (Å²) in [5.74, 6) is -0.133. The van der Waals surface area contributed by atoms with Gasteiger partial charge in [0.05, 0.1) is 13.0 Å². The summed E-state index contributed by atoms with van der Waals surface area (Å²) >= 11 is 0. The molecule has 0 saturated carbocycles. The van der Waals surface area contributed by atoms with Crippen molar-refractivity contribution in [1.82, 2.24) is 10.2 Å². The van der Waals surface area contributed by atoms with E-state index in [9.17, 15) is 4.79 Å². The fourth-order valence-corrected chi connectivity index (χ4v) is 1.46. The van der Waals surface area contributed by atoms with E-state index in [-0.39, 0.29) is 12.0 Å². The van der Waals surface area contributed by atoms with E-state index in [0.29, 0.717) is 13.0 Å². The monoisotopic (exact) mass is 185 g/mol. The first kappa shape index (κ1) is 10.5. The lowest BCUT2D eigenvalue weighted by Crippen LogP contribution is -2.46. The van der Waals surface area contributed by atoms with Crippen LogP contribution in [-0.2, 0) is 9.53 Å². The highest BCUT2D eigenvalue weighted by atomic mass is 16.5. The summed E-state index contributed by atoms with van der Waals surface area (Å²) in [4.78, 5) is 13.3. The Kier molecular flexibility index (Phi) is 4.18. The van der Waals surface area contributed by atoms with Crippen LogP contribution in [0.1, 0.15) is 13.3 Å². The molecule has 4 heteroatoms. The molecule has 1 rings (SSSR count). The van der Waals surface area contributed by atoms with Crippen LogP contribution in [0, 0.1) is 0 Å². The van der Waals surface area contributed by atoms with Gasteiger partial charge in [-0.2, -0.15) is 0 Å². The van der Waals surface area contributed by atoms with Gasteiger partial charge in [0.15, 0.2) is 0 Å². The Morgan fingerprint density at radius 1 is 1.69 bits per heavy atom. The van der Waals surface area contributed by atoms with Crippen molar-refractivity contribution in [1.29, 1.82) is 0 Å².